The summed E-state index contributed by atoms with van der Waals surface area (Å²) in [7, 11) is 0. The molecule has 0 spiro atoms. The van der Waals surface area contributed by atoms with Crippen molar-refractivity contribution in [2.24, 2.45) is 0 Å². The predicted molar refractivity (Wildman–Crippen MR) is 108 cm³/mol. The molecule has 0 saturated heterocycles. The molecule has 1 aliphatic heterocycles. The summed E-state index contributed by atoms with van der Waals surface area (Å²) in [5.41, 5.74) is 0.778. The van der Waals surface area contributed by atoms with E-state index < -0.39 is 18.5 Å². The van der Waals surface area contributed by atoms with Gasteiger partial charge in [0.05, 0.1) is 19.1 Å². The minimum absolute atomic E-state index is 0.126. The fraction of sp³-hybridized carbons (Fsp3) is 0.318. The van der Waals surface area contributed by atoms with Gasteiger partial charge in [-0.25, -0.2) is 4.79 Å². The van der Waals surface area contributed by atoms with Crippen molar-refractivity contribution < 1.29 is 28.5 Å². The number of hydrogen-bond donors (Lipinski definition) is 0. The van der Waals surface area contributed by atoms with Gasteiger partial charge < -0.3 is 23.8 Å². The van der Waals surface area contributed by atoms with E-state index in [0.29, 0.717) is 42.8 Å². The van der Waals surface area contributed by atoms with Gasteiger partial charge in [-0.3, -0.25) is 4.79 Å². The largest absolute Gasteiger partial charge is 0.493 e. The number of nitriles is 1. The van der Waals surface area contributed by atoms with E-state index >= 15 is 0 Å². The van der Waals surface area contributed by atoms with E-state index in [9.17, 15) is 9.59 Å². The van der Waals surface area contributed by atoms with Gasteiger partial charge in [-0.1, -0.05) is 12.1 Å². The van der Waals surface area contributed by atoms with Gasteiger partial charge in [0.2, 0.25) is 0 Å². The lowest BCUT2D eigenvalue weighted by Crippen LogP contribution is -2.35. The van der Waals surface area contributed by atoms with Crippen LogP contribution in [0.25, 0.3) is 0 Å². The maximum Gasteiger partial charge on any atom is 0.342 e. The fourth-order valence-electron chi connectivity index (χ4n) is 2.96. The molecule has 0 saturated carbocycles. The lowest BCUT2D eigenvalue weighted by atomic mass is 10.2. The standard InChI is InChI=1S/C22H22N2O6/c1-2-27-18-7-4-3-6-17(18)22(26)30-15-21(25)24(11-5-10-23)16-8-9-19-20(14-16)29-13-12-28-19/h3-4,6-9,14H,2,5,11-13,15H2,1H3. The summed E-state index contributed by atoms with van der Waals surface area (Å²) in [5.74, 6) is 0.400. The monoisotopic (exact) mass is 410 g/mol. The number of carbonyl (C=O) groups is 2. The van der Waals surface area contributed by atoms with Crippen molar-refractivity contribution >= 4 is 17.6 Å². The average Bonchev–Trinajstić information content (AvgIpc) is 2.78. The highest BCUT2D eigenvalue weighted by Gasteiger charge is 2.22. The molecule has 0 aromatic heterocycles. The van der Waals surface area contributed by atoms with Crippen LogP contribution in [0.3, 0.4) is 0 Å². The number of benzene rings is 2. The van der Waals surface area contributed by atoms with Crippen molar-refractivity contribution in [2.75, 3.05) is 37.9 Å². The van der Waals surface area contributed by atoms with Gasteiger partial charge in [-0.15, -0.1) is 0 Å². The zero-order valence-electron chi connectivity index (χ0n) is 16.6. The van der Waals surface area contributed by atoms with Crippen LogP contribution in [0.15, 0.2) is 42.5 Å². The topological polar surface area (TPSA) is 98.1 Å². The summed E-state index contributed by atoms with van der Waals surface area (Å²) in [4.78, 5) is 26.6. The molecule has 0 fully saturated rings. The van der Waals surface area contributed by atoms with E-state index in [0.717, 1.165) is 0 Å². The van der Waals surface area contributed by atoms with Crippen LogP contribution in [0.5, 0.6) is 17.2 Å². The van der Waals surface area contributed by atoms with Gasteiger partial charge in [0.25, 0.3) is 5.91 Å². The first-order valence-corrected chi connectivity index (χ1v) is 9.60. The Morgan fingerprint density at radius 2 is 1.90 bits per heavy atom. The Morgan fingerprint density at radius 1 is 1.13 bits per heavy atom. The van der Waals surface area contributed by atoms with E-state index in [1.54, 1.807) is 42.5 Å². The number of anilines is 1. The lowest BCUT2D eigenvalue weighted by Gasteiger charge is -2.24. The summed E-state index contributed by atoms with van der Waals surface area (Å²) in [5, 5.41) is 8.95. The number of ether oxygens (including phenoxy) is 4. The van der Waals surface area contributed by atoms with Gasteiger partial charge in [0, 0.05) is 18.3 Å². The molecule has 30 heavy (non-hydrogen) atoms. The second-order valence-corrected chi connectivity index (χ2v) is 6.29. The Bertz CT molecular complexity index is 953. The van der Waals surface area contributed by atoms with Crippen LogP contribution < -0.4 is 19.1 Å². The first-order valence-electron chi connectivity index (χ1n) is 9.60. The number of carbonyl (C=O) groups excluding carboxylic acids is 2. The summed E-state index contributed by atoms with van der Waals surface area (Å²) in [6.45, 7) is 2.77. The molecule has 8 nitrogen and oxygen atoms in total. The third-order valence-corrected chi connectivity index (χ3v) is 4.32. The van der Waals surface area contributed by atoms with Crippen molar-refractivity contribution in [2.45, 2.75) is 13.3 Å². The lowest BCUT2D eigenvalue weighted by molar-refractivity contribution is -0.121. The van der Waals surface area contributed by atoms with Crippen LogP contribution in [0, 0.1) is 11.3 Å². The molecule has 1 amide bonds. The van der Waals surface area contributed by atoms with E-state index in [4.69, 9.17) is 24.2 Å². The van der Waals surface area contributed by atoms with E-state index in [-0.39, 0.29) is 18.5 Å². The van der Waals surface area contributed by atoms with Gasteiger partial charge in [-0.05, 0) is 31.2 Å². The number of amides is 1. The first kappa shape index (κ1) is 21.0. The number of para-hydroxylation sites is 1. The minimum Gasteiger partial charge on any atom is -0.493 e. The smallest absolute Gasteiger partial charge is 0.342 e. The molecule has 0 aliphatic carbocycles. The molecule has 1 aliphatic rings. The Hall–Kier alpha value is -3.73. The summed E-state index contributed by atoms with van der Waals surface area (Å²) in [6, 6.07) is 13.8. The van der Waals surface area contributed by atoms with Crippen molar-refractivity contribution in [3.8, 4) is 23.3 Å². The van der Waals surface area contributed by atoms with Crippen molar-refractivity contribution in [1.82, 2.24) is 0 Å². The Kier molecular flexibility index (Phi) is 7.11. The minimum atomic E-state index is -0.658. The Balaban J connectivity index is 1.72. The second-order valence-electron chi connectivity index (χ2n) is 6.29. The number of fused-ring (bicyclic) bond motifs is 1. The van der Waals surface area contributed by atoms with Crippen molar-refractivity contribution in [1.29, 1.82) is 5.26 Å². The van der Waals surface area contributed by atoms with Crippen LogP contribution >= 0.6 is 0 Å². The van der Waals surface area contributed by atoms with Gasteiger partial charge in [0.15, 0.2) is 18.1 Å². The molecular weight excluding hydrogens is 388 g/mol. The second kappa shape index (κ2) is 10.2. The molecule has 1 heterocycles. The number of rotatable bonds is 8. The van der Waals surface area contributed by atoms with Gasteiger partial charge in [-0.2, -0.15) is 5.26 Å². The maximum atomic E-state index is 12.8. The molecule has 0 N–H and O–H groups in total. The summed E-state index contributed by atoms with van der Waals surface area (Å²) >= 11 is 0. The van der Waals surface area contributed by atoms with Crippen LogP contribution in [-0.2, 0) is 9.53 Å². The van der Waals surface area contributed by atoms with E-state index in [1.807, 2.05) is 13.0 Å². The van der Waals surface area contributed by atoms with Gasteiger partial charge in [0.1, 0.15) is 24.5 Å². The molecule has 156 valence electrons. The third kappa shape index (κ3) is 5.00. The zero-order chi connectivity index (χ0) is 21.3. The normalized spacial score (nSPS) is 11.9. The summed E-state index contributed by atoms with van der Waals surface area (Å²) < 4.78 is 21.7. The SMILES string of the molecule is CCOc1ccccc1C(=O)OCC(=O)N(CCC#N)c1ccc2c(c1)OCCO2. The Morgan fingerprint density at radius 3 is 2.67 bits per heavy atom. The van der Waals surface area contributed by atoms with Crippen LogP contribution in [-0.4, -0.2) is 44.8 Å². The van der Waals surface area contributed by atoms with Gasteiger partial charge >= 0.3 is 5.97 Å². The van der Waals surface area contributed by atoms with Crippen molar-refractivity contribution in [3.05, 3.63) is 48.0 Å². The van der Waals surface area contributed by atoms with Crippen LogP contribution in [0.2, 0.25) is 0 Å². The zero-order valence-corrected chi connectivity index (χ0v) is 16.6. The summed E-state index contributed by atoms with van der Waals surface area (Å²) in [6.07, 6.45) is 0.126. The quantitative estimate of drug-likeness (QED) is 0.617. The molecule has 0 atom stereocenters. The predicted octanol–water partition coefficient (Wildman–Crippen LogP) is 2.96. The highest BCUT2D eigenvalue weighted by atomic mass is 16.6. The van der Waals surface area contributed by atoms with E-state index in [2.05, 4.69) is 0 Å². The average molecular weight is 410 g/mol. The molecule has 0 unspecified atom stereocenters. The molecule has 2 aromatic carbocycles. The molecule has 0 radical (unpaired) electrons. The van der Waals surface area contributed by atoms with E-state index in [1.165, 1.54) is 4.90 Å². The first-order chi connectivity index (χ1) is 14.6. The maximum absolute atomic E-state index is 12.8. The van der Waals surface area contributed by atoms with Crippen LogP contribution in [0.4, 0.5) is 5.69 Å². The third-order valence-electron chi connectivity index (χ3n) is 4.32. The molecule has 2 aromatic rings. The molecule has 3 rings (SSSR count). The molecular formula is C22H22N2O6. The number of esters is 1. The fourth-order valence-corrected chi connectivity index (χ4v) is 2.96. The van der Waals surface area contributed by atoms with Crippen LogP contribution in [0.1, 0.15) is 23.7 Å². The highest BCUT2D eigenvalue weighted by molar-refractivity contribution is 5.98. The highest BCUT2D eigenvalue weighted by Crippen LogP contribution is 2.34. The number of nitrogens with zero attached hydrogens (tertiary/aromatic N) is 2. The molecule has 8 heteroatoms. The number of hydrogen-bond acceptors (Lipinski definition) is 7. The Labute approximate surface area is 174 Å². The molecule has 0 bridgehead atoms. The van der Waals surface area contributed by atoms with Crippen molar-refractivity contribution in [3.63, 3.8) is 0 Å².